The van der Waals surface area contributed by atoms with E-state index in [9.17, 15) is 13.6 Å². The van der Waals surface area contributed by atoms with Crippen molar-refractivity contribution in [2.75, 3.05) is 26.3 Å². The van der Waals surface area contributed by atoms with Crippen molar-refractivity contribution in [2.45, 2.75) is 18.6 Å². The number of hydrogen-bond donors (Lipinski definition) is 0. The molecule has 0 unspecified atom stereocenters. The van der Waals surface area contributed by atoms with Gasteiger partial charge in [-0.05, 0) is 36.2 Å². The highest BCUT2D eigenvalue weighted by Crippen LogP contribution is 2.40. The van der Waals surface area contributed by atoms with Gasteiger partial charge in [0.05, 0.1) is 26.3 Å². The molecule has 1 aromatic heterocycles. The Morgan fingerprint density at radius 3 is 2.63 bits per heavy atom. The zero-order valence-electron chi connectivity index (χ0n) is 14.7. The maximum atomic E-state index is 13.4. The van der Waals surface area contributed by atoms with Crippen LogP contribution in [0.3, 0.4) is 0 Å². The van der Waals surface area contributed by atoms with Gasteiger partial charge >= 0.3 is 0 Å². The molecular formula is C20H20F2N2O3. The molecule has 0 bridgehead atoms. The number of carbonyl (C=O) groups is 1. The monoisotopic (exact) mass is 374 g/mol. The molecule has 2 saturated heterocycles. The van der Waals surface area contributed by atoms with E-state index in [1.807, 2.05) is 12.1 Å². The van der Waals surface area contributed by atoms with Crippen molar-refractivity contribution in [2.24, 2.45) is 5.92 Å². The fraction of sp³-hybridized carbons (Fsp3) is 0.400. The van der Waals surface area contributed by atoms with Crippen LogP contribution in [0.4, 0.5) is 8.78 Å². The molecule has 3 heterocycles. The van der Waals surface area contributed by atoms with E-state index in [4.69, 9.17) is 9.47 Å². The van der Waals surface area contributed by atoms with Gasteiger partial charge in [0.1, 0.15) is 17.2 Å². The molecule has 1 atom stereocenters. The molecule has 1 amide bonds. The van der Waals surface area contributed by atoms with Gasteiger partial charge in [-0.25, -0.2) is 8.78 Å². The summed E-state index contributed by atoms with van der Waals surface area (Å²) in [7, 11) is 0. The molecule has 2 aliphatic heterocycles. The van der Waals surface area contributed by atoms with Crippen molar-refractivity contribution < 1.29 is 23.0 Å². The number of aromatic nitrogens is 1. The van der Waals surface area contributed by atoms with Gasteiger partial charge in [0.15, 0.2) is 0 Å². The predicted octanol–water partition coefficient (Wildman–Crippen LogP) is 2.81. The first-order chi connectivity index (χ1) is 13.1. The fourth-order valence-electron chi connectivity index (χ4n) is 3.77. The van der Waals surface area contributed by atoms with E-state index in [2.05, 4.69) is 4.98 Å². The summed E-state index contributed by atoms with van der Waals surface area (Å²) in [6.45, 7) is 2.49. The van der Waals surface area contributed by atoms with Crippen LogP contribution in [0.15, 0.2) is 42.7 Å². The first-order valence-corrected chi connectivity index (χ1v) is 8.92. The molecule has 0 radical (unpaired) electrons. The van der Waals surface area contributed by atoms with Crippen molar-refractivity contribution >= 4 is 5.91 Å². The number of carbonyl (C=O) groups excluding carboxylic acids is 1. The minimum atomic E-state index is -0.756. The minimum absolute atomic E-state index is 0.0193. The number of pyridine rings is 1. The molecule has 142 valence electrons. The summed E-state index contributed by atoms with van der Waals surface area (Å²) in [4.78, 5) is 18.0. The summed E-state index contributed by atoms with van der Waals surface area (Å²) in [5.74, 6) is -1.71. The Hall–Kier alpha value is -2.38. The van der Waals surface area contributed by atoms with Crippen LogP contribution >= 0.6 is 0 Å². The number of halogens is 2. The molecule has 2 aliphatic rings. The Morgan fingerprint density at radius 1 is 1.22 bits per heavy atom. The average Bonchev–Trinajstić information content (AvgIpc) is 3.04. The number of likely N-dealkylation sites (tertiary alicyclic amines) is 1. The Bertz CT molecular complexity index is 805. The van der Waals surface area contributed by atoms with Crippen molar-refractivity contribution in [3.05, 3.63) is 65.5 Å². The smallest absolute Gasteiger partial charge is 0.254 e. The minimum Gasteiger partial charge on any atom is -0.376 e. The van der Waals surface area contributed by atoms with Gasteiger partial charge in [0.2, 0.25) is 0 Å². The van der Waals surface area contributed by atoms with E-state index in [0.717, 1.165) is 30.2 Å². The van der Waals surface area contributed by atoms with Gasteiger partial charge in [0, 0.05) is 36.5 Å². The Kier molecular flexibility index (Phi) is 4.88. The summed E-state index contributed by atoms with van der Waals surface area (Å²) in [5, 5.41) is 0. The van der Waals surface area contributed by atoms with Crippen molar-refractivity contribution in [1.29, 1.82) is 0 Å². The predicted molar refractivity (Wildman–Crippen MR) is 92.9 cm³/mol. The van der Waals surface area contributed by atoms with E-state index in [1.54, 1.807) is 17.3 Å². The third kappa shape index (κ3) is 3.70. The van der Waals surface area contributed by atoms with Gasteiger partial charge < -0.3 is 14.4 Å². The lowest BCUT2D eigenvalue weighted by Gasteiger charge is -2.50. The third-order valence-electron chi connectivity index (χ3n) is 5.25. The maximum absolute atomic E-state index is 13.4. The highest BCUT2D eigenvalue weighted by Gasteiger charge is 2.54. The first kappa shape index (κ1) is 18.0. The quantitative estimate of drug-likeness (QED) is 0.808. The van der Waals surface area contributed by atoms with Crippen LogP contribution in [0.25, 0.3) is 0 Å². The van der Waals surface area contributed by atoms with Gasteiger partial charge in [0.25, 0.3) is 5.91 Å². The highest BCUT2D eigenvalue weighted by molar-refractivity contribution is 5.95. The van der Waals surface area contributed by atoms with Gasteiger partial charge in [-0.3, -0.25) is 9.78 Å². The summed E-state index contributed by atoms with van der Waals surface area (Å²) < 4.78 is 38.5. The summed E-state index contributed by atoms with van der Waals surface area (Å²) in [6, 6.07) is 6.68. The average molecular weight is 374 g/mol. The van der Waals surface area contributed by atoms with Crippen molar-refractivity contribution in [3.8, 4) is 0 Å². The lowest BCUT2D eigenvalue weighted by molar-refractivity contribution is -0.129. The topological polar surface area (TPSA) is 51.7 Å². The molecule has 5 nitrogen and oxygen atoms in total. The molecule has 0 aliphatic carbocycles. The fourth-order valence-corrected chi connectivity index (χ4v) is 3.77. The van der Waals surface area contributed by atoms with Crippen LogP contribution < -0.4 is 0 Å². The number of hydrogen-bond acceptors (Lipinski definition) is 4. The van der Waals surface area contributed by atoms with E-state index >= 15 is 0 Å². The Labute approximate surface area is 155 Å². The second-order valence-corrected chi connectivity index (χ2v) is 7.09. The largest absolute Gasteiger partial charge is 0.376 e. The van der Waals surface area contributed by atoms with Gasteiger partial charge in [-0.1, -0.05) is 0 Å². The summed E-state index contributed by atoms with van der Waals surface area (Å²) >= 11 is 0. The Morgan fingerprint density at radius 2 is 1.93 bits per heavy atom. The van der Waals surface area contributed by atoms with Crippen LogP contribution in [0.5, 0.6) is 0 Å². The number of nitrogens with zero attached hydrogens (tertiary/aromatic N) is 2. The molecule has 7 heteroatoms. The van der Waals surface area contributed by atoms with Crippen molar-refractivity contribution in [1.82, 2.24) is 9.88 Å². The lowest BCUT2D eigenvalue weighted by Crippen LogP contribution is -2.66. The van der Waals surface area contributed by atoms with E-state index in [-0.39, 0.29) is 17.4 Å². The third-order valence-corrected chi connectivity index (χ3v) is 5.25. The summed E-state index contributed by atoms with van der Waals surface area (Å²) in [5.41, 5.74) is 0.655. The second kappa shape index (κ2) is 7.32. The van der Waals surface area contributed by atoms with Crippen LogP contribution in [-0.2, 0) is 16.1 Å². The number of ether oxygens (including phenoxy) is 2. The molecule has 0 saturated carbocycles. The normalized spacial score (nSPS) is 20.7. The SMILES string of the molecule is O=C(c1cc(F)cc(F)c1)N1CC2(C1)OCC[C@@H]2COCc1ccncc1. The molecule has 2 fully saturated rings. The number of benzene rings is 1. The molecule has 4 rings (SSSR count). The zero-order chi connectivity index (χ0) is 18.9. The van der Waals surface area contributed by atoms with E-state index < -0.39 is 17.2 Å². The molecule has 1 spiro atoms. The lowest BCUT2D eigenvalue weighted by atomic mass is 9.81. The van der Waals surface area contributed by atoms with Crippen LogP contribution in [-0.4, -0.2) is 47.7 Å². The van der Waals surface area contributed by atoms with E-state index in [1.165, 1.54) is 0 Å². The van der Waals surface area contributed by atoms with Gasteiger partial charge in [-0.2, -0.15) is 0 Å². The highest BCUT2D eigenvalue weighted by atomic mass is 19.1. The standard InChI is InChI=1S/C20H20F2N2O3/c21-17-7-15(8-18(22)9-17)19(25)24-12-20(13-24)16(3-6-27-20)11-26-10-14-1-4-23-5-2-14/h1-2,4-5,7-9,16H,3,6,10-13H2/t16-/m1/s1. The van der Waals surface area contributed by atoms with Crippen LogP contribution in [0.1, 0.15) is 22.3 Å². The molecule has 0 N–H and O–H groups in total. The maximum Gasteiger partial charge on any atom is 0.254 e. The number of rotatable bonds is 5. The molecular weight excluding hydrogens is 354 g/mol. The second-order valence-electron chi connectivity index (χ2n) is 7.09. The van der Waals surface area contributed by atoms with Crippen LogP contribution in [0, 0.1) is 17.6 Å². The van der Waals surface area contributed by atoms with Crippen LogP contribution in [0.2, 0.25) is 0 Å². The number of amides is 1. The first-order valence-electron chi connectivity index (χ1n) is 8.92. The molecule has 1 aromatic carbocycles. The summed E-state index contributed by atoms with van der Waals surface area (Å²) in [6.07, 6.45) is 4.32. The Balaban J connectivity index is 1.34. The van der Waals surface area contributed by atoms with Gasteiger partial charge in [-0.15, -0.1) is 0 Å². The molecule has 27 heavy (non-hydrogen) atoms. The van der Waals surface area contributed by atoms with Crippen molar-refractivity contribution in [3.63, 3.8) is 0 Å². The molecule has 2 aromatic rings. The van der Waals surface area contributed by atoms with E-state index in [0.29, 0.717) is 32.9 Å². The zero-order valence-corrected chi connectivity index (χ0v) is 14.7.